The number of amides is 1. The van der Waals surface area contributed by atoms with Crippen LogP contribution in [0.25, 0.3) is 0 Å². The molecule has 0 spiro atoms. The molecule has 3 aromatic carbocycles. The van der Waals surface area contributed by atoms with Crippen molar-refractivity contribution < 1.29 is 24.2 Å². The van der Waals surface area contributed by atoms with Gasteiger partial charge in [-0.05, 0) is 42.8 Å². The van der Waals surface area contributed by atoms with E-state index in [-0.39, 0.29) is 23.4 Å². The molecule has 5 rings (SSSR count). The normalized spacial score (nSPS) is 16.9. The van der Waals surface area contributed by atoms with Gasteiger partial charge in [0, 0.05) is 41.0 Å². The van der Waals surface area contributed by atoms with E-state index in [1.54, 1.807) is 79.0 Å². The van der Waals surface area contributed by atoms with Gasteiger partial charge in [0.05, 0.1) is 6.33 Å². The number of benzene rings is 3. The molecule has 8 heteroatoms. The highest BCUT2D eigenvalue weighted by molar-refractivity contribution is 6.09. The van der Waals surface area contributed by atoms with Gasteiger partial charge < -0.3 is 9.88 Å². The van der Waals surface area contributed by atoms with E-state index in [0.717, 1.165) is 5.69 Å². The van der Waals surface area contributed by atoms with Crippen LogP contribution in [0.4, 0.5) is 0 Å². The standard InChI is InChI=1S/C28H23N3O5/c32-26(19-7-3-1-4-8-19)20-11-13-22(14-12-20)35-36-28(34)25-23(24-17-29-18-30-24)15-16-31(25)27(33)21-9-5-2-6-10-21/h1-14,17-18,23,25H,15-16H2,(H,29,30). The molecule has 1 fully saturated rings. The minimum atomic E-state index is -0.892. The number of H-pyrrole nitrogens is 1. The molecule has 180 valence electrons. The maximum atomic E-state index is 13.2. The smallest absolute Gasteiger partial charge is 0.348 e. The Kier molecular flexibility index (Phi) is 6.57. The van der Waals surface area contributed by atoms with Gasteiger partial charge in [-0.1, -0.05) is 48.5 Å². The Morgan fingerprint density at radius 2 is 1.47 bits per heavy atom. The molecule has 4 aromatic rings. The van der Waals surface area contributed by atoms with Crippen LogP contribution in [-0.4, -0.2) is 45.1 Å². The predicted molar refractivity (Wildman–Crippen MR) is 130 cm³/mol. The van der Waals surface area contributed by atoms with E-state index < -0.39 is 12.0 Å². The van der Waals surface area contributed by atoms with Crippen molar-refractivity contribution in [1.82, 2.24) is 14.9 Å². The lowest BCUT2D eigenvalue weighted by Gasteiger charge is -2.25. The van der Waals surface area contributed by atoms with E-state index in [9.17, 15) is 14.4 Å². The molecule has 1 aromatic heterocycles. The zero-order chi connectivity index (χ0) is 24.9. The minimum absolute atomic E-state index is 0.123. The second kappa shape index (κ2) is 10.3. The highest BCUT2D eigenvalue weighted by Gasteiger charge is 2.45. The Hall–Kier alpha value is -4.72. The average Bonchev–Trinajstić information content (AvgIpc) is 3.63. The topological polar surface area (TPSA) is 102 Å². The Balaban J connectivity index is 1.30. The SMILES string of the molecule is O=C(c1ccccc1)c1ccc(OOC(=O)C2C(c3cnc[nH]3)CCN2C(=O)c2ccccc2)cc1. The van der Waals surface area contributed by atoms with E-state index in [1.807, 2.05) is 12.1 Å². The van der Waals surface area contributed by atoms with Crippen LogP contribution in [0.3, 0.4) is 0 Å². The number of nitrogens with zero attached hydrogens (tertiary/aromatic N) is 2. The first kappa shape index (κ1) is 23.0. The molecule has 2 unspecified atom stereocenters. The van der Waals surface area contributed by atoms with Gasteiger partial charge in [-0.2, -0.15) is 0 Å². The first-order chi connectivity index (χ1) is 17.6. The summed E-state index contributed by atoms with van der Waals surface area (Å²) in [6.45, 7) is 0.382. The third kappa shape index (κ3) is 4.74. The molecule has 1 aliphatic rings. The average molecular weight is 482 g/mol. The lowest BCUT2D eigenvalue weighted by atomic mass is 9.97. The molecule has 0 bridgehead atoms. The second-order valence-electron chi connectivity index (χ2n) is 8.42. The molecule has 2 atom stereocenters. The van der Waals surface area contributed by atoms with Crippen molar-refractivity contribution in [2.45, 2.75) is 18.4 Å². The largest absolute Gasteiger partial charge is 0.378 e. The monoisotopic (exact) mass is 481 g/mol. The summed E-state index contributed by atoms with van der Waals surface area (Å²) in [6, 6.07) is 23.2. The van der Waals surface area contributed by atoms with Crippen LogP contribution in [0.5, 0.6) is 5.75 Å². The number of imidazole rings is 1. The van der Waals surface area contributed by atoms with Gasteiger partial charge in [0.2, 0.25) is 0 Å². The maximum absolute atomic E-state index is 13.2. The summed E-state index contributed by atoms with van der Waals surface area (Å²) in [4.78, 5) is 58.1. The fourth-order valence-corrected chi connectivity index (χ4v) is 4.41. The fraction of sp³-hybridized carbons (Fsp3) is 0.143. The van der Waals surface area contributed by atoms with Gasteiger partial charge >= 0.3 is 5.97 Å². The second-order valence-corrected chi connectivity index (χ2v) is 8.42. The molecular weight excluding hydrogens is 458 g/mol. The van der Waals surface area contributed by atoms with Crippen LogP contribution < -0.4 is 4.89 Å². The zero-order valence-corrected chi connectivity index (χ0v) is 19.2. The van der Waals surface area contributed by atoms with Crippen LogP contribution in [-0.2, 0) is 9.68 Å². The number of ketones is 1. The number of likely N-dealkylation sites (tertiary alicyclic amines) is 1. The molecular formula is C28H23N3O5. The Labute approximate surface area is 207 Å². The lowest BCUT2D eigenvalue weighted by molar-refractivity contribution is -0.218. The van der Waals surface area contributed by atoms with Crippen molar-refractivity contribution in [1.29, 1.82) is 0 Å². The number of carbonyl (C=O) groups excluding carboxylic acids is 3. The van der Waals surface area contributed by atoms with Gasteiger partial charge in [0.15, 0.2) is 11.5 Å². The molecule has 0 saturated carbocycles. The van der Waals surface area contributed by atoms with Gasteiger partial charge in [-0.15, -0.1) is 0 Å². The van der Waals surface area contributed by atoms with Crippen molar-refractivity contribution in [3.63, 3.8) is 0 Å². The summed E-state index contributed by atoms with van der Waals surface area (Å²) in [6.07, 6.45) is 3.75. The minimum Gasteiger partial charge on any atom is -0.348 e. The first-order valence-corrected chi connectivity index (χ1v) is 11.5. The fourth-order valence-electron chi connectivity index (χ4n) is 4.41. The van der Waals surface area contributed by atoms with Crippen LogP contribution in [0, 0.1) is 0 Å². The highest BCUT2D eigenvalue weighted by Crippen LogP contribution is 2.34. The molecule has 1 amide bonds. The number of aromatic amines is 1. The third-order valence-electron chi connectivity index (χ3n) is 6.21. The molecule has 2 heterocycles. The summed E-state index contributed by atoms with van der Waals surface area (Å²) < 4.78 is 0. The molecule has 1 aliphatic heterocycles. The molecule has 8 nitrogen and oxygen atoms in total. The molecule has 0 radical (unpaired) electrons. The van der Waals surface area contributed by atoms with Crippen LogP contribution in [0.2, 0.25) is 0 Å². The Morgan fingerprint density at radius 1 is 0.833 bits per heavy atom. The number of hydrogen-bond acceptors (Lipinski definition) is 6. The molecule has 36 heavy (non-hydrogen) atoms. The highest BCUT2D eigenvalue weighted by atomic mass is 17.2. The summed E-state index contributed by atoms with van der Waals surface area (Å²) in [7, 11) is 0. The quantitative estimate of drug-likeness (QED) is 0.241. The number of carbonyl (C=O) groups is 3. The van der Waals surface area contributed by atoms with Gasteiger partial charge in [-0.3, -0.25) is 14.5 Å². The van der Waals surface area contributed by atoms with E-state index in [1.165, 1.54) is 11.2 Å². The van der Waals surface area contributed by atoms with Crippen LogP contribution >= 0.6 is 0 Å². The summed E-state index contributed by atoms with van der Waals surface area (Å²) >= 11 is 0. The van der Waals surface area contributed by atoms with Crippen molar-refractivity contribution in [2.24, 2.45) is 0 Å². The number of aromatic nitrogens is 2. The van der Waals surface area contributed by atoms with Gasteiger partial charge in [0.1, 0.15) is 6.04 Å². The number of rotatable bonds is 7. The van der Waals surface area contributed by atoms with E-state index in [0.29, 0.717) is 29.7 Å². The zero-order valence-electron chi connectivity index (χ0n) is 19.2. The maximum Gasteiger partial charge on any atom is 0.378 e. The number of nitrogens with one attached hydrogen (secondary N) is 1. The summed E-state index contributed by atoms with van der Waals surface area (Å²) in [5.74, 6) is -1.14. The van der Waals surface area contributed by atoms with Gasteiger partial charge in [-0.25, -0.2) is 14.7 Å². The Bertz CT molecular complexity index is 1340. The van der Waals surface area contributed by atoms with Gasteiger partial charge in [0.25, 0.3) is 5.91 Å². The van der Waals surface area contributed by atoms with Crippen molar-refractivity contribution in [2.75, 3.05) is 6.54 Å². The van der Waals surface area contributed by atoms with E-state index in [2.05, 4.69) is 9.97 Å². The number of hydrogen-bond donors (Lipinski definition) is 1. The van der Waals surface area contributed by atoms with Crippen molar-refractivity contribution in [3.05, 3.63) is 120 Å². The van der Waals surface area contributed by atoms with Crippen LogP contribution in [0.15, 0.2) is 97.5 Å². The molecule has 0 aliphatic carbocycles. The molecule has 1 saturated heterocycles. The van der Waals surface area contributed by atoms with E-state index >= 15 is 0 Å². The Morgan fingerprint density at radius 3 is 2.11 bits per heavy atom. The van der Waals surface area contributed by atoms with E-state index in [4.69, 9.17) is 9.78 Å². The van der Waals surface area contributed by atoms with Crippen molar-refractivity contribution in [3.8, 4) is 5.75 Å². The van der Waals surface area contributed by atoms with Crippen LogP contribution in [0.1, 0.15) is 44.3 Å². The summed E-state index contributed by atoms with van der Waals surface area (Å²) in [5, 5.41) is 0. The predicted octanol–water partition coefficient (Wildman–Crippen LogP) is 4.18. The molecule has 1 N–H and O–H groups in total. The first-order valence-electron chi connectivity index (χ1n) is 11.5. The summed E-state index contributed by atoms with van der Waals surface area (Å²) in [5.41, 5.74) is 2.28. The lowest BCUT2D eigenvalue weighted by Crippen LogP contribution is -2.44. The van der Waals surface area contributed by atoms with Crippen molar-refractivity contribution >= 4 is 17.7 Å². The third-order valence-corrected chi connectivity index (χ3v) is 6.21.